The maximum Gasteiger partial charge on any atom is 0.213 e. The van der Waals surface area contributed by atoms with Crippen molar-refractivity contribution < 1.29 is 17.4 Å². The number of piperidine rings is 1. The number of aromatic nitrogens is 5. The number of fused-ring (bicyclic) bond motifs is 2. The van der Waals surface area contributed by atoms with Crippen LogP contribution in [0.4, 0.5) is 24.5 Å². The summed E-state index contributed by atoms with van der Waals surface area (Å²) in [5.74, 6) is -0.740. The molecule has 9 nitrogen and oxygen atoms in total. The topological polar surface area (TPSA) is 115 Å². The summed E-state index contributed by atoms with van der Waals surface area (Å²) in [6, 6.07) is 26.5. The third-order valence-electron chi connectivity index (χ3n) is 8.47. The number of likely N-dealkylation sites (tertiary alicyclic amines) is 1. The second-order valence-electron chi connectivity index (χ2n) is 12.1. The maximum atomic E-state index is 13.7. The zero-order chi connectivity index (χ0) is 36.2. The van der Waals surface area contributed by atoms with Crippen molar-refractivity contribution in [2.75, 3.05) is 23.0 Å². The van der Waals surface area contributed by atoms with Crippen LogP contribution < -0.4 is 9.44 Å². The number of halogens is 4. The highest BCUT2D eigenvalue weighted by atomic mass is 35.5. The largest absolute Gasteiger partial charge is 0.341 e. The molecule has 2 unspecified atom stereocenters. The molecular weight excluding hydrogens is 729 g/mol. The van der Waals surface area contributed by atoms with Crippen molar-refractivity contribution >= 4 is 68.0 Å². The fourth-order valence-corrected chi connectivity index (χ4v) is 7.66. The number of anilines is 2. The van der Waals surface area contributed by atoms with Crippen LogP contribution in [0, 0.1) is 17.6 Å². The molecule has 0 spiro atoms. The molecule has 4 heterocycles. The van der Waals surface area contributed by atoms with E-state index in [0.717, 1.165) is 45.1 Å². The van der Waals surface area contributed by atoms with Gasteiger partial charge in [0.1, 0.15) is 34.1 Å². The van der Waals surface area contributed by atoms with Crippen molar-refractivity contribution in [2.24, 2.45) is 0 Å². The summed E-state index contributed by atoms with van der Waals surface area (Å²) < 4.78 is 58.2. The van der Waals surface area contributed by atoms with Crippen LogP contribution in [-0.4, -0.2) is 47.6 Å². The summed E-state index contributed by atoms with van der Waals surface area (Å²) in [5, 5.41) is 0.722. The second-order valence-corrected chi connectivity index (χ2v) is 14.6. The van der Waals surface area contributed by atoms with Gasteiger partial charge in [-0.2, -0.15) is 4.39 Å². The van der Waals surface area contributed by atoms with Gasteiger partial charge < -0.3 is 14.7 Å². The SMILES string of the molecule is CN1CCCCC1c1nc2ccc(SNc3ccccc3Cl)cc2[nH]1.O=S(Nc1ccc(F)cc1F)c1ccc2nc(-c3cccc(F)n3)[nH]c2c1. The van der Waals surface area contributed by atoms with Gasteiger partial charge in [-0.15, -0.1) is 0 Å². The van der Waals surface area contributed by atoms with E-state index in [1.54, 1.807) is 36.2 Å². The lowest BCUT2D eigenvalue weighted by molar-refractivity contribution is 0.180. The molecule has 266 valence electrons. The molecule has 0 aliphatic carbocycles. The first kappa shape index (κ1) is 35.5. The molecule has 7 aromatic rings. The Kier molecular flexibility index (Phi) is 10.8. The first-order valence-corrected chi connectivity index (χ1v) is 18.7. The first-order chi connectivity index (χ1) is 25.2. The van der Waals surface area contributed by atoms with Crippen molar-refractivity contribution in [1.29, 1.82) is 0 Å². The number of nitrogens with one attached hydrogen (secondary N) is 4. The van der Waals surface area contributed by atoms with Crippen LogP contribution in [0.3, 0.4) is 0 Å². The number of hydrogen-bond donors (Lipinski definition) is 4. The maximum absolute atomic E-state index is 13.7. The third kappa shape index (κ3) is 8.26. The molecule has 2 atom stereocenters. The Morgan fingerprint density at radius 3 is 2.46 bits per heavy atom. The second kappa shape index (κ2) is 15.8. The average Bonchev–Trinajstić information content (AvgIpc) is 3.77. The smallest absolute Gasteiger partial charge is 0.213 e. The molecule has 4 N–H and O–H groups in total. The van der Waals surface area contributed by atoms with E-state index in [1.807, 2.05) is 24.3 Å². The van der Waals surface area contributed by atoms with Crippen molar-refractivity contribution in [3.8, 4) is 11.5 Å². The van der Waals surface area contributed by atoms with Crippen molar-refractivity contribution in [1.82, 2.24) is 29.8 Å². The minimum absolute atomic E-state index is 0.0795. The van der Waals surface area contributed by atoms with E-state index in [1.165, 1.54) is 37.5 Å². The van der Waals surface area contributed by atoms with Gasteiger partial charge in [-0.25, -0.2) is 27.9 Å². The van der Waals surface area contributed by atoms with Gasteiger partial charge in [0.2, 0.25) is 5.95 Å². The van der Waals surface area contributed by atoms with Crippen molar-refractivity contribution in [2.45, 2.75) is 35.1 Å². The van der Waals surface area contributed by atoms with E-state index >= 15 is 0 Å². The van der Waals surface area contributed by atoms with Gasteiger partial charge in [-0.3, -0.25) is 9.62 Å². The number of nitrogens with zero attached hydrogens (tertiary/aromatic N) is 4. The van der Waals surface area contributed by atoms with Crippen LogP contribution in [0.2, 0.25) is 5.02 Å². The van der Waals surface area contributed by atoms with Gasteiger partial charge in [0.05, 0.1) is 49.4 Å². The monoisotopic (exact) mass is 760 g/mol. The predicted octanol–water partition coefficient (Wildman–Crippen LogP) is 9.67. The minimum Gasteiger partial charge on any atom is -0.341 e. The van der Waals surface area contributed by atoms with Gasteiger partial charge >= 0.3 is 0 Å². The van der Waals surface area contributed by atoms with Gasteiger partial charge in [0.15, 0.2) is 5.82 Å². The zero-order valence-corrected chi connectivity index (χ0v) is 30.1. The fraction of sp³-hybridized carbons (Fsp3) is 0.162. The van der Waals surface area contributed by atoms with Crippen LogP contribution in [0.1, 0.15) is 31.1 Å². The highest BCUT2D eigenvalue weighted by Gasteiger charge is 2.23. The Balaban J connectivity index is 0.000000162. The summed E-state index contributed by atoms with van der Waals surface area (Å²) in [6.45, 7) is 1.14. The fourth-order valence-electron chi connectivity index (χ4n) is 5.80. The van der Waals surface area contributed by atoms with Crippen LogP contribution in [-0.2, 0) is 11.0 Å². The molecule has 52 heavy (non-hydrogen) atoms. The number of H-pyrrole nitrogens is 2. The number of hydrogen-bond acceptors (Lipinski definition) is 7. The summed E-state index contributed by atoms with van der Waals surface area (Å²) >= 11 is 7.75. The predicted molar refractivity (Wildman–Crippen MR) is 202 cm³/mol. The van der Waals surface area contributed by atoms with E-state index in [2.05, 4.69) is 59.5 Å². The number of pyridine rings is 1. The average molecular weight is 761 g/mol. The highest BCUT2D eigenvalue weighted by Crippen LogP contribution is 2.32. The normalized spacial score (nSPS) is 15.3. The molecule has 3 aromatic heterocycles. The highest BCUT2D eigenvalue weighted by molar-refractivity contribution is 8.00. The summed E-state index contributed by atoms with van der Waals surface area (Å²) in [6.07, 6.45) is 3.72. The molecular formula is C37H32ClF3N8OS2. The number of benzene rings is 4. The minimum atomic E-state index is -1.78. The molecule has 1 aliphatic heterocycles. The lowest BCUT2D eigenvalue weighted by Gasteiger charge is -2.30. The molecule has 1 fully saturated rings. The van der Waals surface area contributed by atoms with Gasteiger partial charge in [0, 0.05) is 11.0 Å². The Morgan fingerprint density at radius 2 is 1.65 bits per heavy atom. The van der Waals surface area contributed by atoms with E-state index in [0.29, 0.717) is 39.6 Å². The number of rotatable bonds is 8. The molecule has 0 radical (unpaired) electrons. The number of imidazole rings is 2. The molecule has 1 aliphatic rings. The molecule has 15 heteroatoms. The lowest BCUT2D eigenvalue weighted by Crippen LogP contribution is -2.30. The first-order valence-electron chi connectivity index (χ1n) is 16.3. The number of aromatic amines is 2. The van der Waals surface area contributed by atoms with E-state index < -0.39 is 28.6 Å². The van der Waals surface area contributed by atoms with Crippen LogP contribution in [0.15, 0.2) is 107 Å². The molecule has 8 rings (SSSR count). The molecule has 0 saturated carbocycles. The lowest BCUT2D eigenvalue weighted by atomic mass is 10.0. The van der Waals surface area contributed by atoms with Crippen molar-refractivity contribution in [3.05, 3.63) is 125 Å². The Hall–Kier alpha value is -4.89. The van der Waals surface area contributed by atoms with Gasteiger partial charge in [-0.1, -0.05) is 36.2 Å². The van der Waals surface area contributed by atoms with Gasteiger partial charge in [-0.05, 0) is 111 Å². The molecule has 1 saturated heterocycles. The molecule has 4 aromatic carbocycles. The summed E-state index contributed by atoms with van der Waals surface area (Å²) in [5.41, 5.74) is 4.41. The standard InChI is InChI=1S/C19H21ClN4S.C18H11F3N4OS/c1-24-11-5-4-8-18(24)19-21-16-10-9-13(12-17(16)22-19)25-23-15-7-3-2-6-14(15)20;19-10-4-6-13(12(20)8-10)25-27(26)11-5-7-14-16(9-11)24-18(23-14)15-2-1-3-17(21)22-15/h2-3,6-7,9-10,12,18,23H,4-5,8,11H2,1H3,(H,21,22);1-9,25H,(H,23,24). The quantitative estimate of drug-likeness (QED) is 0.0901. The van der Waals surface area contributed by atoms with Crippen LogP contribution in [0.25, 0.3) is 33.6 Å². The Bertz CT molecular complexity index is 2390. The number of para-hydroxylation sites is 1. The molecule has 0 amide bonds. The van der Waals surface area contributed by atoms with E-state index in [9.17, 15) is 17.4 Å². The van der Waals surface area contributed by atoms with Crippen LogP contribution >= 0.6 is 23.5 Å². The Morgan fingerprint density at radius 1 is 0.846 bits per heavy atom. The van der Waals surface area contributed by atoms with E-state index in [-0.39, 0.29) is 5.69 Å². The summed E-state index contributed by atoms with van der Waals surface area (Å²) in [7, 11) is 0.404. The third-order valence-corrected chi connectivity index (χ3v) is 10.7. The summed E-state index contributed by atoms with van der Waals surface area (Å²) in [4.78, 5) is 23.3. The van der Waals surface area contributed by atoms with Crippen molar-refractivity contribution in [3.63, 3.8) is 0 Å². The van der Waals surface area contributed by atoms with Crippen LogP contribution in [0.5, 0.6) is 0 Å². The van der Waals surface area contributed by atoms with Gasteiger partial charge in [0.25, 0.3) is 0 Å². The van der Waals surface area contributed by atoms with E-state index in [4.69, 9.17) is 16.6 Å². The Labute approximate surface area is 309 Å². The zero-order valence-electron chi connectivity index (χ0n) is 27.7. The molecule has 0 bridgehead atoms.